The van der Waals surface area contributed by atoms with Crippen LogP contribution in [-0.4, -0.2) is 26.6 Å². The number of carbonyl (C=O) groups excluding carboxylic acids is 1. The monoisotopic (exact) mass is 181 g/mol. The maximum atomic E-state index is 11.0. The fourth-order valence-electron chi connectivity index (χ4n) is 1.11. The molecular weight excluding hydrogens is 170 g/mol. The van der Waals surface area contributed by atoms with E-state index >= 15 is 0 Å². The van der Waals surface area contributed by atoms with E-state index in [2.05, 4.69) is 10.3 Å². The van der Waals surface area contributed by atoms with Crippen LogP contribution in [0, 0.1) is 13.8 Å². The van der Waals surface area contributed by atoms with Crippen molar-refractivity contribution in [3.63, 3.8) is 0 Å². The van der Waals surface area contributed by atoms with E-state index in [-0.39, 0.29) is 11.6 Å². The molecule has 0 saturated carbocycles. The first-order valence-corrected chi connectivity index (χ1v) is 3.83. The lowest BCUT2D eigenvalue weighted by Crippen LogP contribution is -2.22. The summed E-state index contributed by atoms with van der Waals surface area (Å²) < 4.78 is 1.32. The SMILES string of the molecule is CC(=O)/C(=N/O)n1nc(C)cc1C. The molecular formula is C8H11N3O2. The molecule has 5 heteroatoms. The van der Waals surface area contributed by atoms with Gasteiger partial charge in [0.15, 0.2) is 5.78 Å². The second-order valence-corrected chi connectivity index (χ2v) is 2.82. The Hall–Kier alpha value is -1.65. The van der Waals surface area contributed by atoms with Crippen LogP contribution in [0.5, 0.6) is 0 Å². The number of nitrogens with zero attached hydrogens (tertiary/aromatic N) is 3. The summed E-state index contributed by atoms with van der Waals surface area (Å²) in [6, 6.07) is 1.80. The van der Waals surface area contributed by atoms with Crippen LogP contribution >= 0.6 is 0 Å². The van der Waals surface area contributed by atoms with Crippen LogP contribution in [0.3, 0.4) is 0 Å². The maximum absolute atomic E-state index is 11.0. The lowest BCUT2D eigenvalue weighted by molar-refractivity contribution is -0.111. The van der Waals surface area contributed by atoms with Gasteiger partial charge in [-0.1, -0.05) is 5.16 Å². The molecule has 0 aliphatic carbocycles. The van der Waals surface area contributed by atoms with Crippen molar-refractivity contribution < 1.29 is 10.0 Å². The third-order valence-corrected chi connectivity index (χ3v) is 1.62. The number of aryl methyl sites for hydroxylation is 2. The van der Waals surface area contributed by atoms with E-state index in [0.29, 0.717) is 0 Å². The molecule has 0 aliphatic rings. The molecule has 0 radical (unpaired) electrons. The molecule has 1 rings (SSSR count). The van der Waals surface area contributed by atoms with Gasteiger partial charge in [-0.05, 0) is 19.9 Å². The standard InChI is InChI=1S/C8H11N3O2/c1-5-4-6(2)11(9-5)8(10-13)7(3)12/h4,13H,1-3H3/b10-8-. The molecule has 1 heterocycles. The predicted octanol–water partition coefficient (Wildman–Crippen LogP) is 0.725. The van der Waals surface area contributed by atoms with Crippen LogP contribution in [0.15, 0.2) is 11.2 Å². The largest absolute Gasteiger partial charge is 0.409 e. The molecule has 0 aromatic carbocycles. The average molecular weight is 181 g/mol. The zero-order valence-corrected chi connectivity index (χ0v) is 7.77. The Morgan fingerprint density at radius 3 is 2.54 bits per heavy atom. The summed E-state index contributed by atoms with van der Waals surface area (Å²) in [4.78, 5) is 11.0. The van der Waals surface area contributed by atoms with E-state index in [4.69, 9.17) is 5.21 Å². The first kappa shape index (κ1) is 9.44. The maximum Gasteiger partial charge on any atom is 0.235 e. The van der Waals surface area contributed by atoms with Crippen LogP contribution in [0.1, 0.15) is 18.3 Å². The number of aromatic nitrogens is 2. The fourth-order valence-corrected chi connectivity index (χ4v) is 1.11. The highest BCUT2D eigenvalue weighted by Crippen LogP contribution is 2.02. The van der Waals surface area contributed by atoms with Crippen molar-refractivity contribution in [2.24, 2.45) is 5.16 Å². The Labute approximate surface area is 75.7 Å². The van der Waals surface area contributed by atoms with Crippen LogP contribution in [0.4, 0.5) is 0 Å². The third kappa shape index (κ3) is 1.74. The van der Waals surface area contributed by atoms with Crippen LogP contribution in [0.2, 0.25) is 0 Å². The van der Waals surface area contributed by atoms with Crippen molar-refractivity contribution >= 4 is 11.6 Å². The van der Waals surface area contributed by atoms with Gasteiger partial charge in [0, 0.05) is 12.6 Å². The lowest BCUT2D eigenvalue weighted by Gasteiger charge is -2.01. The number of oxime groups is 1. The molecule has 0 amide bonds. The highest BCUT2D eigenvalue weighted by Gasteiger charge is 2.12. The van der Waals surface area contributed by atoms with E-state index in [1.807, 2.05) is 0 Å². The number of Topliss-reactive ketones (excluding diaryl/α,β-unsaturated/α-hetero) is 1. The summed E-state index contributed by atoms with van der Waals surface area (Å²) in [5, 5.41) is 15.5. The van der Waals surface area contributed by atoms with Gasteiger partial charge in [0.2, 0.25) is 5.84 Å². The van der Waals surface area contributed by atoms with Crippen LogP contribution < -0.4 is 0 Å². The van der Waals surface area contributed by atoms with E-state index in [1.165, 1.54) is 11.6 Å². The zero-order chi connectivity index (χ0) is 10.0. The molecule has 70 valence electrons. The number of hydrogen-bond donors (Lipinski definition) is 1. The highest BCUT2D eigenvalue weighted by molar-refractivity contribution is 6.38. The van der Waals surface area contributed by atoms with Crippen molar-refractivity contribution in [1.29, 1.82) is 0 Å². The van der Waals surface area contributed by atoms with Gasteiger partial charge in [-0.2, -0.15) is 5.10 Å². The minimum Gasteiger partial charge on any atom is -0.409 e. The zero-order valence-electron chi connectivity index (χ0n) is 7.77. The van der Waals surface area contributed by atoms with Crippen molar-refractivity contribution in [3.05, 3.63) is 17.5 Å². The van der Waals surface area contributed by atoms with Crippen molar-refractivity contribution in [1.82, 2.24) is 9.78 Å². The summed E-state index contributed by atoms with van der Waals surface area (Å²) in [5.74, 6) is -0.390. The Bertz CT molecular complexity index is 365. The molecule has 13 heavy (non-hydrogen) atoms. The summed E-state index contributed by atoms with van der Waals surface area (Å²) in [7, 11) is 0. The quantitative estimate of drug-likeness (QED) is 0.300. The number of ketones is 1. The van der Waals surface area contributed by atoms with Gasteiger partial charge in [-0.15, -0.1) is 0 Å². The molecule has 1 N–H and O–H groups in total. The summed E-state index contributed by atoms with van der Waals surface area (Å²) in [6.45, 7) is 4.91. The Morgan fingerprint density at radius 2 is 2.23 bits per heavy atom. The lowest BCUT2D eigenvalue weighted by atomic mass is 10.3. The average Bonchev–Trinajstić information content (AvgIpc) is 2.31. The minimum atomic E-state index is -0.325. The van der Waals surface area contributed by atoms with Gasteiger partial charge in [0.1, 0.15) is 0 Å². The molecule has 0 bridgehead atoms. The summed E-state index contributed by atoms with van der Waals surface area (Å²) in [5.41, 5.74) is 1.54. The van der Waals surface area contributed by atoms with E-state index in [0.717, 1.165) is 11.4 Å². The van der Waals surface area contributed by atoms with Gasteiger partial charge < -0.3 is 5.21 Å². The number of carbonyl (C=O) groups is 1. The Morgan fingerprint density at radius 1 is 1.62 bits per heavy atom. The molecule has 5 nitrogen and oxygen atoms in total. The van der Waals surface area contributed by atoms with Gasteiger partial charge >= 0.3 is 0 Å². The third-order valence-electron chi connectivity index (χ3n) is 1.62. The predicted molar refractivity (Wildman–Crippen MR) is 47.0 cm³/mol. The van der Waals surface area contributed by atoms with Gasteiger partial charge in [-0.25, -0.2) is 4.68 Å². The number of rotatable bonds is 1. The molecule has 0 saturated heterocycles. The molecule has 0 spiro atoms. The molecule has 1 aromatic rings. The second-order valence-electron chi connectivity index (χ2n) is 2.82. The highest BCUT2D eigenvalue weighted by atomic mass is 16.4. The Kier molecular flexibility index (Phi) is 2.46. The normalized spacial score (nSPS) is 11.8. The molecule has 1 aromatic heterocycles. The van der Waals surface area contributed by atoms with Gasteiger partial charge in [0.05, 0.1) is 5.69 Å². The van der Waals surface area contributed by atoms with Gasteiger partial charge in [0.25, 0.3) is 0 Å². The van der Waals surface area contributed by atoms with Crippen LogP contribution in [-0.2, 0) is 4.79 Å². The molecule has 0 aliphatic heterocycles. The topological polar surface area (TPSA) is 67.5 Å². The summed E-state index contributed by atoms with van der Waals surface area (Å²) >= 11 is 0. The van der Waals surface area contributed by atoms with Crippen molar-refractivity contribution in [2.45, 2.75) is 20.8 Å². The first-order valence-electron chi connectivity index (χ1n) is 3.83. The van der Waals surface area contributed by atoms with Crippen molar-refractivity contribution in [3.8, 4) is 0 Å². The molecule has 0 fully saturated rings. The van der Waals surface area contributed by atoms with E-state index < -0.39 is 0 Å². The number of hydrogen-bond acceptors (Lipinski definition) is 4. The van der Waals surface area contributed by atoms with Crippen molar-refractivity contribution in [2.75, 3.05) is 0 Å². The van der Waals surface area contributed by atoms with Crippen LogP contribution in [0.25, 0.3) is 0 Å². The van der Waals surface area contributed by atoms with E-state index in [9.17, 15) is 4.79 Å². The minimum absolute atomic E-state index is 0.0643. The summed E-state index contributed by atoms with van der Waals surface area (Å²) in [6.07, 6.45) is 0. The first-order chi connectivity index (χ1) is 6.06. The van der Waals surface area contributed by atoms with Gasteiger partial charge in [-0.3, -0.25) is 4.79 Å². The second kappa shape index (κ2) is 3.38. The molecule has 0 atom stereocenters. The molecule has 0 unspecified atom stereocenters. The Balaban J connectivity index is 3.20. The fraction of sp³-hybridized carbons (Fsp3) is 0.375. The van der Waals surface area contributed by atoms with E-state index in [1.54, 1.807) is 19.9 Å². The smallest absolute Gasteiger partial charge is 0.235 e.